The second-order valence-electron chi connectivity index (χ2n) is 5.13. The van der Waals surface area contributed by atoms with Crippen molar-refractivity contribution in [3.63, 3.8) is 0 Å². The van der Waals surface area contributed by atoms with Crippen LogP contribution in [-0.4, -0.2) is 32.8 Å². The predicted molar refractivity (Wildman–Crippen MR) is 88.8 cm³/mol. The molecule has 0 spiro atoms. The Morgan fingerprint density at radius 3 is 2.78 bits per heavy atom. The van der Waals surface area contributed by atoms with Crippen LogP contribution in [0, 0.1) is 0 Å². The first-order valence-electron chi connectivity index (χ1n) is 6.84. The number of hydrogen-bond donors (Lipinski definition) is 1. The summed E-state index contributed by atoms with van der Waals surface area (Å²) in [5.41, 5.74) is 1.95. The molecule has 1 unspecified atom stereocenters. The van der Waals surface area contributed by atoms with Crippen LogP contribution in [0.2, 0.25) is 10.0 Å². The molecule has 2 heterocycles. The summed E-state index contributed by atoms with van der Waals surface area (Å²) in [5, 5.41) is 7.48. The summed E-state index contributed by atoms with van der Waals surface area (Å²) < 4.78 is 3.63. The van der Waals surface area contributed by atoms with Gasteiger partial charge in [-0.2, -0.15) is 0 Å². The van der Waals surface area contributed by atoms with E-state index in [4.69, 9.17) is 23.2 Å². The third-order valence-electron chi connectivity index (χ3n) is 3.77. The topological polar surface area (TPSA) is 75.2 Å². The number of anilines is 1. The van der Waals surface area contributed by atoms with E-state index < -0.39 is 11.8 Å². The van der Waals surface area contributed by atoms with Gasteiger partial charge in [0.25, 0.3) is 0 Å². The van der Waals surface area contributed by atoms with Gasteiger partial charge in [0.05, 0.1) is 22.3 Å². The Kier molecular flexibility index (Phi) is 4.52. The molecule has 1 atom stereocenters. The van der Waals surface area contributed by atoms with Gasteiger partial charge in [0.1, 0.15) is 5.00 Å². The molecule has 0 aliphatic carbocycles. The maximum absolute atomic E-state index is 12.4. The zero-order valence-electron chi connectivity index (χ0n) is 12.0. The number of amides is 2. The Morgan fingerprint density at radius 2 is 2.09 bits per heavy atom. The summed E-state index contributed by atoms with van der Waals surface area (Å²) >= 11 is 13.1. The number of benzene rings is 1. The van der Waals surface area contributed by atoms with Crippen molar-refractivity contribution < 1.29 is 9.59 Å². The molecule has 1 aliphatic rings. The van der Waals surface area contributed by atoms with Gasteiger partial charge in [-0.1, -0.05) is 27.7 Å². The summed E-state index contributed by atoms with van der Waals surface area (Å²) in [5.74, 6) is -1.30. The maximum atomic E-state index is 12.4. The molecule has 0 saturated heterocycles. The minimum Gasteiger partial charge on any atom is -0.327 e. The van der Waals surface area contributed by atoms with Crippen molar-refractivity contribution in [2.45, 2.75) is 19.4 Å². The van der Waals surface area contributed by atoms with Crippen LogP contribution in [0.4, 0.5) is 5.00 Å². The van der Waals surface area contributed by atoms with Crippen LogP contribution < -0.4 is 5.32 Å². The highest BCUT2D eigenvalue weighted by molar-refractivity contribution is 7.10. The summed E-state index contributed by atoms with van der Waals surface area (Å²) in [4.78, 5) is 26.0. The summed E-state index contributed by atoms with van der Waals surface area (Å²) in [6.07, 6.45) is 2.02. The van der Waals surface area contributed by atoms with E-state index in [-0.39, 0.29) is 6.04 Å². The van der Waals surface area contributed by atoms with Crippen molar-refractivity contribution in [1.29, 1.82) is 0 Å². The lowest BCUT2D eigenvalue weighted by atomic mass is 9.93. The summed E-state index contributed by atoms with van der Waals surface area (Å²) in [7, 11) is 0. The SMILES string of the molecule is CC1c2cc(Cl)c(Cl)cc2CCN1C(=O)C(=O)Nc1cnns1. The summed E-state index contributed by atoms with van der Waals surface area (Å²) in [6, 6.07) is 3.32. The molecule has 3 rings (SSSR count). The van der Waals surface area contributed by atoms with Crippen LogP contribution in [0.15, 0.2) is 18.3 Å². The van der Waals surface area contributed by atoms with Gasteiger partial charge in [-0.05, 0) is 36.6 Å². The minimum atomic E-state index is -0.702. The third-order valence-corrected chi connectivity index (χ3v) is 5.08. The molecule has 0 bridgehead atoms. The monoisotopic (exact) mass is 370 g/mol. The number of nitrogens with one attached hydrogen (secondary N) is 1. The van der Waals surface area contributed by atoms with Gasteiger partial charge in [-0.3, -0.25) is 9.59 Å². The zero-order chi connectivity index (χ0) is 16.6. The Labute approximate surface area is 146 Å². The van der Waals surface area contributed by atoms with Crippen molar-refractivity contribution >= 4 is 51.5 Å². The molecule has 0 saturated carbocycles. The van der Waals surface area contributed by atoms with Crippen molar-refractivity contribution in [2.75, 3.05) is 11.9 Å². The molecule has 1 aliphatic heterocycles. The number of nitrogens with zero attached hydrogens (tertiary/aromatic N) is 3. The zero-order valence-corrected chi connectivity index (χ0v) is 14.4. The number of carbonyl (C=O) groups excluding carboxylic acids is 2. The first kappa shape index (κ1) is 16.2. The van der Waals surface area contributed by atoms with Crippen LogP contribution in [-0.2, 0) is 16.0 Å². The van der Waals surface area contributed by atoms with Gasteiger partial charge >= 0.3 is 11.8 Å². The normalized spacial score (nSPS) is 16.8. The molecular formula is C14H12Cl2N4O2S. The van der Waals surface area contributed by atoms with E-state index in [2.05, 4.69) is 14.9 Å². The molecule has 6 nitrogen and oxygen atoms in total. The molecule has 1 aromatic carbocycles. The van der Waals surface area contributed by atoms with Gasteiger partial charge in [0.2, 0.25) is 0 Å². The van der Waals surface area contributed by atoms with Crippen molar-refractivity contribution in [3.8, 4) is 0 Å². The molecule has 1 aromatic heterocycles. The smallest absolute Gasteiger partial charge is 0.314 e. The number of carbonyl (C=O) groups is 2. The maximum Gasteiger partial charge on any atom is 0.314 e. The van der Waals surface area contributed by atoms with Crippen molar-refractivity contribution in [1.82, 2.24) is 14.5 Å². The largest absolute Gasteiger partial charge is 0.327 e. The lowest BCUT2D eigenvalue weighted by Gasteiger charge is -2.35. The van der Waals surface area contributed by atoms with E-state index in [0.29, 0.717) is 28.0 Å². The van der Waals surface area contributed by atoms with E-state index in [1.54, 1.807) is 6.07 Å². The second kappa shape index (κ2) is 6.43. The van der Waals surface area contributed by atoms with Crippen LogP contribution in [0.3, 0.4) is 0 Å². The van der Waals surface area contributed by atoms with Crippen molar-refractivity contribution in [3.05, 3.63) is 39.5 Å². The molecule has 0 fully saturated rings. The quantitative estimate of drug-likeness (QED) is 0.783. The average molecular weight is 371 g/mol. The molecule has 2 amide bonds. The second-order valence-corrected chi connectivity index (χ2v) is 6.73. The molecule has 2 aromatic rings. The van der Waals surface area contributed by atoms with Gasteiger partial charge in [-0.15, -0.1) is 5.10 Å². The standard InChI is InChI=1S/C14H12Cl2N4O2S/c1-7-9-5-11(16)10(15)4-8(9)2-3-20(7)14(22)13(21)18-12-6-17-19-23-12/h4-7H,2-3H2,1H3,(H,18,21). The first-order valence-corrected chi connectivity index (χ1v) is 8.37. The molecule has 120 valence electrons. The average Bonchev–Trinajstić information content (AvgIpc) is 3.02. The Bertz CT molecular complexity index is 766. The van der Waals surface area contributed by atoms with E-state index >= 15 is 0 Å². The van der Waals surface area contributed by atoms with Crippen LogP contribution in [0.1, 0.15) is 24.1 Å². The lowest BCUT2D eigenvalue weighted by molar-refractivity contribution is -0.144. The number of aromatic nitrogens is 2. The Morgan fingerprint density at radius 1 is 1.35 bits per heavy atom. The molecule has 23 heavy (non-hydrogen) atoms. The number of halogens is 2. The van der Waals surface area contributed by atoms with Crippen molar-refractivity contribution in [2.24, 2.45) is 0 Å². The highest BCUT2D eigenvalue weighted by atomic mass is 35.5. The summed E-state index contributed by atoms with van der Waals surface area (Å²) in [6.45, 7) is 2.31. The van der Waals surface area contributed by atoms with Gasteiger partial charge in [0, 0.05) is 18.1 Å². The van der Waals surface area contributed by atoms with Gasteiger partial charge in [-0.25, -0.2) is 0 Å². The van der Waals surface area contributed by atoms with Crippen LogP contribution >= 0.6 is 34.7 Å². The van der Waals surface area contributed by atoms with E-state index in [9.17, 15) is 9.59 Å². The van der Waals surface area contributed by atoms with E-state index in [1.807, 2.05) is 13.0 Å². The van der Waals surface area contributed by atoms with Gasteiger partial charge in [0.15, 0.2) is 0 Å². The molecule has 1 N–H and O–H groups in total. The lowest BCUT2D eigenvalue weighted by Crippen LogP contribution is -2.44. The molecule has 9 heteroatoms. The number of rotatable bonds is 1. The Hall–Kier alpha value is -1.70. The minimum absolute atomic E-state index is 0.258. The highest BCUT2D eigenvalue weighted by Crippen LogP contribution is 2.35. The fourth-order valence-electron chi connectivity index (χ4n) is 2.61. The number of fused-ring (bicyclic) bond motifs is 1. The number of hydrogen-bond acceptors (Lipinski definition) is 5. The third kappa shape index (κ3) is 3.17. The molecule has 0 radical (unpaired) electrons. The fraction of sp³-hybridized carbons (Fsp3) is 0.286. The highest BCUT2D eigenvalue weighted by Gasteiger charge is 2.32. The molecular weight excluding hydrogens is 359 g/mol. The fourth-order valence-corrected chi connectivity index (χ4v) is 3.38. The van der Waals surface area contributed by atoms with E-state index in [0.717, 1.165) is 22.7 Å². The predicted octanol–water partition coefficient (Wildman–Crippen LogP) is 2.93. The van der Waals surface area contributed by atoms with E-state index in [1.165, 1.54) is 11.1 Å². The van der Waals surface area contributed by atoms with Crippen LogP contribution in [0.5, 0.6) is 0 Å². The first-order chi connectivity index (χ1) is 11.0. The van der Waals surface area contributed by atoms with Gasteiger partial charge < -0.3 is 10.2 Å². The Balaban J connectivity index is 1.80. The van der Waals surface area contributed by atoms with Crippen LogP contribution in [0.25, 0.3) is 0 Å².